The van der Waals surface area contributed by atoms with Crippen LogP contribution in [-0.2, 0) is 9.59 Å². The quantitative estimate of drug-likeness (QED) is 0.345. The number of carboxylic acid groups (broad SMARTS) is 1. The molecule has 108 valence electrons. The van der Waals surface area contributed by atoms with Crippen LogP contribution in [0.25, 0.3) is 0 Å². The van der Waals surface area contributed by atoms with E-state index in [0.29, 0.717) is 24.8 Å². The van der Waals surface area contributed by atoms with Gasteiger partial charge >= 0.3 is 5.97 Å². The molecule has 0 spiro atoms. The molecule has 1 aromatic heterocycles. The number of ketones is 2. The van der Waals surface area contributed by atoms with Gasteiger partial charge in [0.1, 0.15) is 10.9 Å². The highest BCUT2D eigenvalue weighted by Gasteiger charge is 2.24. The fraction of sp³-hybridized carbons (Fsp3) is 0.429. The third-order valence-corrected chi connectivity index (χ3v) is 3.16. The van der Waals surface area contributed by atoms with E-state index >= 15 is 0 Å². The summed E-state index contributed by atoms with van der Waals surface area (Å²) in [7, 11) is 0. The van der Waals surface area contributed by atoms with Gasteiger partial charge in [-0.2, -0.15) is 0 Å². The third kappa shape index (κ3) is 5.09. The number of hydrogen-bond acceptors (Lipinski definition) is 4. The Morgan fingerprint density at radius 1 is 1.35 bits per heavy atom. The van der Waals surface area contributed by atoms with E-state index in [-0.39, 0.29) is 23.1 Å². The molecule has 1 N–H and O–H groups in total. The summed E-state index contributed by atoms with van der Waals surface area (Å²) in [5.41, 5.74) is 0.350. The molecule has 0 aliphatic rings. The van der Waals surface area contributed by atoms with Crippen molar-refractivity contribution in [1.82, 2.24) is 4.98 Å². The van der Waals surface area contributed by atoms with Gasteiger partial charge in [0, 0.05) is 18.2 Å². The Morgan fingerprint density at radius 3 is 2.60 bits per heavy atom. The fourth-order valence-electron chi connectivity index (χ4n) is 1.90. The molecule has 0 radical (unpaired) electrons. The minimum Gasteiger partial charge on any atom is -0.481 e. The fourth-order valence-corrected chi connectivity index (χ4v) is 2.07. The lowest BCUT2D eigenvalue weighted by atomic mass is 9.90. The molecule has 1 unspecified atom stereocenters. The second-order valence-electron chi connectivity index (χ2n) is 4.53. The maximum absolute atomic E-state index is 12.2. The molecular weight excluding hydrogens is 282 g/mol. The summed E-state index contributed by atoms with van der Waals surface area (Å²) in [6, 6.07) is 2.94. The number of unbranched alkanes of at least 4 members (excludes halogenated alkanes) is 1. The van der Waals surface area contributed by atoms with Crippen molar-refractivity contribution < 1.29 is 19.5 Å². The Balaban J connectivity index is 2.68. The predicted octanol–water partition coefficient (Wildman–Crippen LogP) is 2.77. The first kappa shape index (κ1) is 16.3. The summed E-state index contributed by atoms with van der Waals surface area (Å²) in [6.07, 6.45) is 2.77. The van der Waals surface area contributed by atoms with E-state index in [1.807, 2.05) is 0 Å². The van der Waals surface area contributed by atoms with E-state index in [2.05, 4.69) is 4.98 Å². The van der Waals surface area contributed by atoms with E-state index in [1.54, 1.807) is 0 Å². The Bertz CT molecular complexity index is 516. The van der Waals surface area contributed by atoms with Crippen molar-refractivity contribution in [2.45, 2.75) is 32.6 Å². The van der Waals surface area contributed by atoms with Crippen molar-refractivity contribution in [2.75, 3.05) is 0 Å². The van der Waals surface area contributed by atoms with Crippen LogP contribution in [-0.4, -0.2) is 27.6 Å². The van der Waals surface area contributed by atoms with Crippen molar-refractivity contribution in [3.8, 4) is 0 Å². The third-order valence-electron chi connectivity index (χ3n) is 2.95. The lowest BCUT2D eigenvalue weighted by Crippen LogP contribution is -2.22. The van der Waals surface area contributed by atoms with Crippen LogP contribution in [0.5, 0.6) is 0 Å². The second kappa shape index (κ2) is 7.75. The number of pyridine rings is 1. The molecular formula is C14H16ClNO4. The molecule has 20 heavy (non-hydrogen) atoms. The van der Waals surface area contributed by atoms with E-state index in [9.17, 15) is 14.4 Å². The normalized spacial score (nSPS) is 11.9. The molecule has 0 aliphatic carbocycles. The molecule has 1 rings (SSSR count). The van der Waals surface area contributed by atoms with Crippen molar-refractivity contribution >= 4 is 29.1 Å². The van der Waals surface area contributed by atoms with Gasteiger partial charge in [-0.25, -0.2) is 4.98 Å². The van der Waals surface area contributed by atoms with Gasteiger partial charge < -0.3 is 5.11 Å². The standard InChI is InChI=1S/C14H16ClNO4/c1-9(17)11(4-2-3-5-13(18)19)14(20)10-6-7-16-12(15)8-10/h6-8,11H,2-5H2,1H3,(H,18,19). The van der Waals surface area contributed by atoms with Crippen LogP contribution in [0.2, 0.25) is 5.15 Å². The van der Waals surface area contributed by atoms with Crippen molar-refractivity contribution in [3.63, 3.8) is 0 Å². The molecule has 0 aromatic carbocycles. The number of rotatable bonds is 8. The molecule has 1 heterocycles. The maximum Gasteiger partial charge on any atom is 0.303 e. The number of halogens is 1. The minimum atomic E-state index is -0.878. The molecule has 0 amide bonds. The highest BCUT2D eigenvalue weighted by molar-refractivity contribution is 6.29. The number of carbonyl (C=O) groups excluding carboxylic acids is 2. The van der Waals surface area contributed by atoms with Crippen LogP contribution in [0.15, 0.2) is 18.3 Å². The Kier molecular flexibility index (Phi) is 6.31. The zero-order chi connectivity index (χ0) is 15.1. The van der Waals surface area contributed by atoms with Crippen molar-refractivity contribution in [3.05, 3.63) is 29.0 Å². The SMILES string of the molecule is CC(=O)C(CCCCC(=O)O)C(=O)c1ccnc(Cl)c1. The first-order valence-corrected chi connectivity index (χ1v) is 6.67. The van der Waals surface area contributed by atoms with Crippen LogP contribution in [0, 0.1) is 5.92 Å². The summed E-state index contributed by atoms with van der Waals surface area (Å²) >= 11 is 5.72. The molecule has 1 atom stereocenters. The summed E-state index contributed by atoms with van der Waals surface area (Å²) in [5, 5.41) is 8.75. The monoisotopic (exact) mass is 297 g/mol. The highest BCUT2D eigenvalue weighted by Crippen LogP contribution is 2.18. The number of Topliss-reactive ketones (excluding diaryl/α,β-unsaturated/α-hetero) is 2. The zero-order valence-electron chi connectivity index (χ0n) is 11.1. The van der Waals surface area contributed by atoms with Gasteiger partial charge in [0.05, 0.1) is 5.92 Å². The maximum atomic E-state index is 12.2. The minimum absolute atomic E-state index is 0.0416. The van der Waals surface area contributed by atoms with Crippen LogP contribution >= 0.6 is 11.6 Å². The average Bonchev–Trinajstić information content (AvgIpc) is 2.37. The van der Waals surface area contributed by atoms with Crippen LogP contribution in [0.1, 0.15) is 43.0 Å². The molecule has 6 heteroatoms. The van der Waals surface area contributed by atoms with E-state index in [1.165, 1.54) is 25.3 Å². The molecule has 0 saturated carbocycles. The lowest BCUT2D eigenvalue weighted by Gasteiger charge is -2.12. The number of hydrogen-bond donors (Lipinski definition) is 1. The number of aromatic nitrogens is 1. The Labute approximate surface area is 122 Å². The van der Waals surface area contributed by atoms with Gasteiger partial charge in [0.2, 0.25) is 0 Å². The van der Waals surface area contributed by atoms with Gasteiger partial charge in [-0.05, 0) is 31.9 Å². The molecule has 1 aromatic rings. The van der Waals surface area contributed by atoms with E-state index in [0.717, 1.165) is 0 Å². The van der Waals surface area contributed by atoms with Crippen LogP contribution in [0.3, 0.4) is 0 Å². The molecule has 0 aliphatic heterocycles. The first-order chi connectivity index (χ1) is 9.41. The van der Waals surface area contributed by atoms with Gasteiger partial charge in [0.25, 0.3) is 0 Å². The number of aliphatic carboxylic acids is 1. The van der Waals surface area contributed by atoms with Gasteiger partial charge in [-0.1, -0.05) is 18.0 Å². The van der Waals surface area contributed by atoms with Crippen molar-refractivity contribution in [1.29, 1.82) is 0 Å². The number of nitrogens with zero attached hydrogens (tertiary/aromatic N) is 1. The van der Waals surface area contributed by atoms with Gasteiger partial charge in [-0.15, -0.1) is 0 Å². The largest absolute Gasteiger partial charge is 0.481 e. The predicted molar refractivity (Wildman–Crippen MR) is 73.9 cm³/mol. The molecule has 0 bridgehead atoms. The smallest absolute Gasteiger partial charge is 0.303 e. The Morgan fingerprint density at radius 2 is 2.05 bits per heavy atom. The molecule has 5 nitrogen and oxygen atoms in total. The van der Waals surface area contributed by atoms with Crippen LogP contribution < -0.4 is 0 Å². The second-order valence-corrected chi connectivity index (χ2v) is 4.92. The highest BCUT2D eigenvalue weighted by atomic mass is 35.5. The summed E-state index contributed by atoms with van der Waals surface area (Å²) in [4.78, 5) is 38.0. The summed E-state index contributed by atoms with van der Waals surface area (Å²) in [6.45, 7) is 1.36. The number of carboxylic acids is 1. The van der Waals surface area contributed by atoms with E-state index < -0.39 is 11.9 Å². The average molecular weight is 298 g/mol. The zero-order valence-corrected chi connectivity index (χ0v) is 11.9. The van der Waals surface area contributed by atoms with Gasteiger partial charge in [0.15, 0.2) is 5.78 Å². The first-order valence-electron chi connectivity index (χ1n) is 6.30. The summed E-state index contributed by atoms with van der Waals surface area (Å²) in [5.74, 6) is -2.14. The lowest BCUT2D eigenvalue weighted by molar-refractivity contribution is -0.137. The van der Waals surface area contributed by atoms with E-state index in [4.69, 9.17) is 16.7 Å². The van der Waals surface area contributed by atoms with Crippen LogP contribution in [0.4, 0.5) is 0 Å². The van der Waals surface area contributed by atoms with Crippen molar-refractivity contribution in [2.24, 2.45) is 5.92 Å². The van der Waals surface area contributed by atoms with Gasteiger partial charge in [-0.3, -0.25) is 14.4 Å². The summed E-state index contributed by atoms with van der Waals surface area (Å²) < 4.78 is 0. The topological polar surface area (TPSA) is 84.3 Å². The Hall–Kier alpha value is -1.75. The molecule has 0 saturated heterocycles. The number of carbonyl (C=O) groups is 3. The molecule has 0 fully saturated rings.